The summed E-state index contributed by atoms with van der Waals surface area (Å²) in [5.74, 6) is 0.757. The van der Waals surface area contributed by atoms with Crippen LogP contribution >= 0.6 is 0 Å². The summed E-state index contributed by atoms with van der Waals surface area (Å²) in [4.78, 5) is 14.5. The summed E-state index contributed by atoms with van der Waals surface area (Å²) in [6.07, 6.45) is 10.3. The molecule has 0 N–H and O–H groups in total. The highest BCUT2D eigenvalue weighted by Gasteiger charge is 2.28. The first-order valence-corrected chi connectivity index (χ1v) is 7.39. The molecule has 2 aromatic heterocycles. The molecule has 0 radical (unpaired) electrons. The van der Waals surface area contributed by atoms with Gasteiger partial charge >= 0.3 is 0 Å². The second-order valence-electron chi connectivity index (χ2n) is 5.44. The first kappa shape index (κ1) is 13.7. The van der Waals surface area contributed by atoms with Crippen molar-refractivity contribution < 1.29 is 9.21 Å². The third kappa shape index (κ3) is 2.94. The predicted octanol–water partition coefficient (Wildman–Crippen LogP) is 3.39. The highest BCUT2D eigenvalue weighted by Crippen LogP contribution is 2.31. The van der Waals surface area contributed by atoms with E-state index in [1.807, 2.05) is 36.3 Å². The number of carbonyl (C=O) groups excluding carboxylic acids is 1. The lowest BCUT2D eigenvalue weighted by atomic mass is 9.99. The summed E-state index contributed by atoms with van der Waals surface area (Å²) in [6.45, 7) is 0.817. The summed E-state index contributed by atoms with van der Waals surface area (Å²) < 4.78 is 7.33. The smallest absolute Gasteiger partial charge is 0.247 e. The van der Waals surface area contributed by atoms with E-state index in [9.17, 15) is 4.79 Å². The van der Waals surface area contributed by atoms with Gasteiger partial charge < -0.3 is 13.9 Å². The predicted molar refractivity (Wildman–Crippen MR) is 81.5 cm³/mol. The van der Waals surface area contributed by atoms with E-state index in [1.54, 1.807) is 18.4 Å². The zero-order valence-corrected chi connectivity index (χ0v) is 12.2. The summed E-state index contributed by atoms with van der Waals surface area (Å²) in [7, 11) is 2.03. The van der Waals surface area contributed by atoms with Crippen molar-refractivity contribution in [2.75, 3.05) is 6.54 Å². The molecule has 1 amide bonds. The molecular weight excluding hydrogens is 264 g/mol. The maximum atomic E-state index is 12.5. The quantitative estimate of drug-likeness (QED) is 0.810. The first-order valence-electron chi connectivity index (χ1n) is 7.39. The van der Waals surface area contributed by atoms with Gasteiger partial charge in [-0.05, 0) is 49.6 Å². The Kier molecular flexibility index (Phi) is 3.95. The molecule has 0 saturated carbocycles. The van der Waals surface area contributed by atoms with Gasteiger partial charge in [-0.25, -0.2) is 0 Å². The number of nitrogens with zero attached hydrogens (tertiary/aromatic N) is 2. The Labute approximate surface area is 124 Å². The minimum atomic E-state index is 0.0531. The highest BCUT2D eigenvalue weighted by atomic mass is 16.3. The Balaban J connectivity index is 1.78. The molecule has 3 heterocycles. The van der Waals surface area contributed by atoms with E-state index in [2.05, 4.69) is 10.6 Å². The van der Waals surface area contributed by atoms with Crippen LogP contribution in [0, 0.1) is 0 Å². The van der Waals surface area contributed by atoms with Crippen LogP contribution in [0.15, 0.2) is 47.2 Å². The lowest BCUT2D eigenvalue weighted by molar-refractivity contribution is -0.129. The molecule has 110 valence electrons. The fourth-order valence-electron chi connectivity index (χ4n) is 2.96. The Bertz CT molecular complexity index is 625. The van der Waals surface area contributed by atoms with Gasteiger partial charge in [0.1, 0.15) is 5.76 Å². The molecule has 1 saturated heterocycles. The van der Waals surface area contributed by atoms with Crippen LogP contribution in [0.1, 0.15) is 36.8 Å². The van der Waals surface area contributed by atoms with Crippen LogP contribution in [0.2, 0.25) is 0 Å². The molecule has 1 atom stereocenters. The molecule has 1 aliphatic rings. The van der Waals surface area contributed by atoms with Crippen molar-refractivity contribution in [1.82, 2.24) is 9.47 Å². The van der Waals surface area contributed by atoms with Gasteiger partial charge in [0.15, 0.2) is 0 Å². The fourth-order valence-corrected chi connectivity index (χ4v) is 2.96. The van der Waals surface area contributed by atoms with Crippen molar-refractivity contribution in [1.29, 1.82) is 0 Å². The lowest BCUT2D eigenvalue weighted by Crippen LogP contribution is -2.38. The molecule has 0 bridgehead atoms. The Morgan fingerprint density at radius 2 is 2.24 bits per heavy atom. The Hall–Kier alpha value is -2.23. The zero-order chi connectivity index (χ0) is 14.7. The van der Waals surface area contributed by atoms with Crippen molar-refractivity contribution in [3.05, 3.63) is 54.3 Å². The third-order valence-electron chi connectivity index (χ3n) is 4.04. The number of hydrogen-bond donors (Lipinski definition) is 0. The average Bonchev–Trinajstić information content (AvgIpc) is 3.16. The minimum absolute atomic E-state index is 0.0531. The maximum absolute atomic E-state index is 12.5. The Morgan fingerprint density at radius 1 is 1.33 bits per heavy atom. The van der Waals surface area contributed by atoms with E-state index in [0.29, 0.717) is 5.76 Å². The van der Waals surface area contributed by atoms with E-state index in [4.69, 9.17) is 4.42 Å². The van der Waals surface area contributed by atoms with Gasteiger partial charge in [0.25, 0.3) is 0 Å². The van der Waals surface area contributed by atoms with Crippen LogP contribution in [0.25, 0.3) is 6.08 Å². The highest BCUT2D eigenvalue weighted by molar-refractivity contribution is 5.91. The minimum Gasteiger partial charge on any atom is -0.465 e. The number of rotatable bonds is 3. The number of carbonyl (C=O) groups is 1. The molecule has 4 heteroatoms. The summed E-state index contributed by atoms with van der Waals surface area (Å²) >= 11 is 0. The normalized spacial score (nSPS) is 19.3. The van der Waals surface area contributed by atoms with E-state index in [-0.39, 0.29) is 11.9 Å². The second kappa shape index (κ2) is 6.04. The summed E-state index contributed by atoms with van der Waals surface area (Å²) in [5, 5.41) is 0. The Morgan fingerprint density at radius 3 is 2.95 bits per heavy atom. The van der Waals surface area contributed by atoms with E-state index < -0.39 is 0 Å². The number of furan rings is 1. The first-order chi connectivity index (χ1) is 10.3. The van der Waals surface area contributed by atoms with Crippen molar-refractivity contribution in [3.63, 3.8) is 0 Å². The number of amides is 1. The molecule has 0 aliphatic carbocycles. The molecule has 1 aliphatic heterocycles. The largest absolute Gasteiger partial charge is 0.465 e. The van der Waals surface area contributed by atoms with E-state index in [1.165, 1.54) is 12.1 Å². The molecule has 3 rings (SSSR count). The van der Waals surface area contributed by atoms with Crippen molar-refractivity contribution in [2.45, 2.75) is 25.3 Å². The molecule has 0 aromatic carbocycles. The second-order valence-corrected chi connectivity index (χ2v) is 5.44. The van der Waals surface area contributed by atoms with Crippen LogP contribution in [0.5, 0.6) is 0 Å². The number of piperidine rings is 1. The van der Waals surface area contributed by atoms with Gasteiger partial charge in [-0.2, -0.15) is 0 Å². The topological polar surface area (TPSA) is 38.4 Å². The van der Waals surface area contributed by atoms with Gasteiger partial charge in [0, 0.05) is 31.6 Å². The lowest BCUT2D eigenvalue weighted by Gasteiger charge is -2.35. The third-order valence-corrected chi connectivity index (χ3v) is 4.04. The summed E-state index contributed by atoms with van der Waals surface area (Å²) in [5.41, 5.74) is 1.20. The molecular formula is C17H20N2O2. The number of aromatic nitrogens is 1. The van der Waals surface area contributed by atoms with Crippen molar-refractivity contribution in [3.8, 4) is 0 Å². The number of hydrogen-bond acceptors (Lipinski definition) is 2. The summed E-state index contributed by atoms with van der Waals surface area (Å²) in [6, 6.07) is 7.97. The molecule has 1 fully saturated rings. The molecule has 4 nitrogen and oxygen atoms in total. The van der Waals surface area contributed by atoms with Crippen LogP contribution in [-0.2, 0) is 11.8 Å². The van der Waals surface area contributed by atoms with Crippen molar-refractivity contribution >= 4 is 12.0 Å². The molecule has 2 aromatic rings. The monoisotopic (exact) mass is 284 g/mol. The SMILES string of the molecule is Cn1cccc1[C@H]1CCCCN1C(=O)/C=C\c1ccco1. The van der Waals surface area contributed by atoms with Gasteiger partial charge in [-0.1, -0.05) is 0 Å². The van der Waals surface area contributed by atoms with Crippen LogP contribution in [0.4, 0.5) is 0 Å². The van der Waals surface area contributed by atoms with E-state index in [0.717, 1.165) is 19.4 Å². The average molecular weight is 284 g/mol. The fraction of sp³-hybridized carbons (Fsp3) is 0.353. The molecule has 0 unspecified atom stereocenters. The van der Waals surface area contributed by atoms with Gasteiger partial charge in [-0.15, -0.1) is 0 Å². The number of likely N-dealkylation sites (tertiary alicyclic amines) is 1. The van der Waals surface area contributed by atoms with Crippen LogP contribution < -0.4 is 0 Å². The standard InChI is InChI=1S/C17H20N2O2/c1-18-11-4-8-15(18)16-7-2-3-12-19(16)17(20)10-9-14-6-5-13-21-14/h4-6,8-11,13,16H,2-3,7,12H2,1H3/b10-9-/t16-/m1/s1. The molecule has 0 spiro atoms. The number of aryl methyl sites for hydroxylation is 1. The van der Waals surface area contributed by atoms with E-state index >= 15 is 0 Å². The van der Waals surface area contributed by atoms with Gasteiger partial charge in [-0.3, -0.25) is 4.79 Å². The van der Waals surface area contributed by atoms with Gasteiger partial charge in [0.05, 0.1) is 12.3 Å². The maximum Gasteiger partial charge on any atom is 0.247 e. The van der Waals surface area contributed by atoms with Crippen LogP contribution in [-0.4, -0.2) is 21.9 Å². The molecule has 21 heavy (non-hydrogen) atoms. The zero-order valence-electron chi connectivity index (χ0n) is 12.2. The van der Waals surface area contributed by atoms with Crippen molar-refractivity contribution in [2.24, 2.45) is 7.05 Å². The van der Waals surface area contributed by atoms with Gasteiger partial charge in [0.2, 0.25) is 5.91 Å². The van der Waals surface area contributed by atoms with Crippen LogP contribution in [0.3, 0.4) is 0 Å².